The molecule has 0 fully saturated rings. The van der Waals surface area contributed by atoms with E-state index in [4.69, 9.17) is 4.74 Å². The standard InChI is InChI=1S/C23H32N2O2/c1-6-22(27-21-14-9-17(4)18(5)15-21)23(26)24-16-19-10-12-20(13-11-19)25(7-2)8-3/h9-15,22H,6-8,16H2,1-5H3,(H,24,26). The Morgan fingerprint density at radius 3 is 2.22 bits per heavy atom. The lowest BCUT2D eigenvalue weighted by atomic mass is 10.1. The second-order valence-corrected chi connectivity index (χ2v) is 6.82. The highest BCUT2D eigenvalue weighted by molar-refractivity contribution is 5.81. The first-order valence-electron chi connectivity index (χ1n) is 9.83. The summed E-state index contributed by atoms with van der Waals surface area (Å²) in [7, 11) is 0. The Kier molecular flexibility index (Phi) is 7.71. The molecule has 1 unspecified atom stereocenters. The first-order chi connectivity index (χ1) is 13.0. The molecule has 0 spiro atoms. The molecular weight excluding hydrogens is 336 g/mol. The molecular formula is C23H32N2O2. The van der Waals surface area contributed by atoms with Crippen LogP contribution in [0.5, 0.6) is 5.75 Å². The van der Waals surface area contributed by atoms with Crippen molar-refractivity contribution in [2.75, 3.05) is 18.0 Å². The molecule has 2 rings (SSSR count). The summed E-state index contributed by atoms with van der Waals surface area (Å²) < 4.78 is 5.91. The summed E-state index contributed by atoms with van der Waals surface area (Å²) >= 11 is 0. The number of hydrogen-bond acceptors (Lipinski definition) is 3. The van der Waals surface area contributed by atoms with Crippen molar-refractivity contribution in [1.29, 1.82) is 0 Å². The molecule has 0 saturated carbocycles. The number of amides is 1. The second kappa shape index (κ2) is 10.0. The van der Waals surface area contributed by atoms with Crippen molar-refractivity contribution in [2.45, 2.75) is 53.7 Å². The molecule has 4 nitrogen and oxygen atoms in total. The van der Waals surface area contributed by atoms with Crippen LogP contribution >= 0.6 is 0 Å². The number of carbonyl (C=O) groups excluding carboxylic acids is 1. The molecule has 2 aromatic carbocycles. The van der Waals surface area contributed by atoms with E-state index >= 15 is 0 Å². The Labute approximate surface area is 163 Å². The van der Waals surface area contributed by atoms with E-state index in [9.17, 15) is 4.79 Å². The van der Waals surface area contributed by atoms with Gasteiger partial charge in [0.05, 0.1) is 0 Å². The Morgan fingerprint density at radius 2 is 1.67 bits per heavy atom. The van der Waals surface area contributed by atoms with Gasteiger partial charge in [-0.15, -0.1) is 0 Å². The summed E-state index contributed by atoms with van der Waals surface area (Å²) in [5, 5.41) is 3.00. The fourth-order valence-electron chi connectivity index (χ4n) is 2.99. The van der Waals surface area contributed by atoms with Crippen molar-refractivity contribution < 1.29 is 9.53 Å². The minimum atomic E-state index is -0.484. The third-order valence-corrected chi connectivity index (χ3v) is 4.95. The summed E-state index contributed by atoms with van der Waals surface area (Å²) in [6.45, 7) is 12.9. The number of ether oxygens (including phenoxy) is 1. The second-order valence-electron chi connectivity index (χ2n) is 6.82. The van der Waals surface area contributed by atoms with Crippen LogP contribution in [0.4, 0.5) is 5.69 Å². The zero-order valence-electron chi connectivity index (χ0n) is 17.2. The van der Waals surface area contributed by atoms with Gasteiger partial charge < -0.3 is 15.0 Å². The van der Waals surface area contributed by atoms with Gasteiger partial charge in [-0.05, 0) is 75.1 Å². The average molecular weight is 369 g/mol. The van der Waals surface area contributed by atoms with E-state index in [-0.39, 0.29) is 5.91 Å². The van der Waals surface area contributed by atoms with E-state index in [0.29, 0.717) is 13.0 Å². The lowest BCUT2D eigenvalue weighted by Gasteiger charge is -2.21. The summed E-state index contributed by atoms with van der Waals surface area (Å²) in [6, 6.07) is 14.3. The summed E-state index contributed by atoms with van der Waals surface area (Å²) in [6.07, 6.45) is 0.140. The maximum Gasteiger partial charge on any atom is 0.261 e. The Balaban J connectivity index is 1.93. The molecule has 0 aliphatic rings. The van der Waals surface area contributed by atoms with Crippen molar-refractivity contribution in [3.63, 3.8) is 0 Å². The first kappa shape index (κ1) is 20.8. The molecule has 0 radical (unpaired) electrons. The molecule has 0 aromatic heterocycles. The number of anilines is 1. The summed E-state index contributed by atoms with van der Waals surface area (Å²) in [5.41, 5.74) is 4.67. The van der Waals surface area contributed by atoms with Crippen LogP contribution in [0.3, 0.4) is 0 Å². The van der Waals surface area contributed by atoms with Crippen LogP contribution < -0.4 is 15.0 Å². The van der Waals surface area contributed by atoms with E-state index in [0.717, 1.165) is 30.0 Å². The van der Waals surface area contributed by atoms with Crippen molar-refractivity contribution in [3.8, 4) is 5.75 Å². The smallest absolute Gasteiger partial charge is 0.261 e. The molecule has 0 heterocycles. The molecule has 2 aromatic rings. The number of carbonyl (C=O) groups is 1. The Morgan fingerprint density at radius 1 is 1.00 bits per heavy atom. The molecule has 1 amide bonds. The molecule has 0 saturated heterocycles. The van der Waals surface area contributed by atoms with E-state index in [1.165, 1.54) is 11.3 Å². The van der Waals surface area contributed by atoms with E-state index < -0.39 is 6.10 Å². The van der Waals surface area contributed by atoms with Gasteiger partial charge in [-0.25, -0.2) is 0 Å². The van der Waals surface area contributed by atoms with Crippen LogP contribution in [0.15, 0.2) is 42.5 Å². The molecule has 0 aliphatic carbocycles. The van der Waals surface area contributed by atoms with Gasteiger partial charge in [0.1, 0.15) is 5.75 Å². The lowest BCUT2D eigenvalue weighted by Crippen LogP contribution is -2.37. The molecule has 1 atom stereocenters. The van der Waals surface area contributed by atoms with Crippen LogP contribution in [-0.2, 0) is 11.3 Å². The van der Waals surface area contributed by atoms with Gasteiger partial charge in [-0.1, -0.05) is 25.1 Å². The van der Waals surface area contributed by atoms with Crippen LogP contribution in [0.2, 0.25) is 0 Å². The molecule has 27 heavy (non-hydrogen) atoms. The maximum atomic E-state index is 12.5. The maximum absolute atomic E-state index is 12.5. The highest BCUT2D eigenvalue weighted by atomic mass is 16.5. The number of hydrogen-bond donors (Lipinski definition) is 1. The first-order valence-corrected chi connectivity index (χ1v) is 9.83. The van der Waals surface area contributed by atoms with E-state index in [1.54, 1.807) is 0 Å². The molecule has 4 heteroatoms. The number of rotatable bonds is 9. The fraction of sp³-hybridized carbons (Fsp3) is 0.435. The van der Waals surface area contributed by atoms with Crippen molar-refractivity contribution in [2.24, 2.45) is 0 Å². The quantitative estimate of drug-likeness (QED) is 0.702. The zero-order chi connectivity index (χ0) is 19.8. The Hall–Kier alpha value is -2.49. The van der Waals surface area contributed by atoms with E-state index in [2.05, 4.69) is 55.3 Å². The van der Waals surface area contributed by atoms with Crippen LogP contribution in [0, 0.1) is 13.8 Å². The molecule has 0 aliphatic heterocycles. The van der Waals surface area contributed by atoms with Crippen LogP contribution in [-0.4, -0.2) is 25.1 Å². The number of benzene rings is 2. The van der Waals surface area contributed by atoms with Crippen molar-refractivity contribution in [3.05, 3.63) is 59.2 Å². The highest BCUT2D eigenvalue weighted by Gasteiger charge is 2.18. The molecule has 0 bridgehead atoms. The van der Waals surface area contributed by atoms with Crippen molar-refractivity contribution >= 4 is 11.6 Å². The van der Waals surface area contributed by atoms with Crippen LogP contribution in [0.1, 0.15) is 43.9 Å². The molecule has 1 N–H and O–H groups in total. The van der Waals surface area contributed by atoms with Gasteiger partial charge in [0.25, 0.3) is 5.91 Å². The minimum Gasteiger partial charge on any atom is -0.481 e. The number of nitrogens with one attached hydrogen (secondary N) is 1. The average Bonchev–Trinajstić information content (AvgIpc) is 2.68. The van der Waals surface area contributed by atoms with Gasteiger partial charge in [-0.3, -0.25) is 4.79 Å². The topological polar surface area (TPSA) is 41.6 Å². The zero-order valence-corrected chi connectivity index (χ0v) is 17.2. The largest absolute Gasteiger partial charge is 0.481 e. The van der Waals surface area contributed by atoms with Gasteiger partial charge in [0, 0.05) is 25.3 Å². The van der Waals surface area contributed by atoms with Gasteiger partial charge in [-0.2, -0.15) is 0 Å². The number of nitrogens with zero attached hydrogens (tertiary/aromatic N) is 1. The predicted octanol–water partition coefficient (Wildman–Crippen LogP) is 4.62. The van der Waals surface area contributed by atoms with E-state index in [1.807, 2.05) is 32.0 Å². The third-order valence-electron chi connectivity index (χ3n) is 4.95. The normalized spacial score (nSPS) is 11.7. The summed E-state index contributed by atoms with van der Waals surface area (Å²) in [4.78, 5) is 14.8. The monoisotopic (exact) mass is 368 g/mol. The fourth-order valence-corrected chi connectivity index (χ4v) is 2.99. The lowest BCUT2D eigenvalue weighted by molar-refractivity contribution is -0.128. The summed E-state index contributed by atoms with van der Waals surface area (Å²) in [5.74, 6) is 0.659. The number of aryl methyl sites for hydroxylation is 2. The van der Waals surface area contributed by atoms with Crippen molar-refractivity contribution in [1.82, 2.24) is 5.32 Å². The van der Waals surface area contributed by atoms with Gasteiger partial charge in [0.2, 0.25) is 0 Å². The predicted molar refractivity (Wildman–Crippen MR) is 112 cm³/mol. The van der Waals surface area contributed by atoms with Crippen LogP contribution in [0.25, 0.3) is 0 Å². The Bertz CT molecular complexity index is 737. The third kappa shape index (κ3) is 5.75. The highest BCUT2D eigenvalue weighted by Crippen LogP contribution is 2.19. The van der Waals surface area contributed by atoms with Gasteiger partial charge >= 0.3 is 0 Å². The SMILES string of the molecule is CCC(Oc1ccc(C)c(C)c1)C(=O)NCc1ccc(N(CC)CC)cc1. The molecule has 146 valence electrons. The van der Waals surface area contributed by atoms with Gasteiger partial charge in [0.15, 0.2) is 6.10 Å². The minimum absolute atomic E-state index is 0.0800.